The van der Waals surface area contributed by atoms with Gasteiger partial charge in [-0.25, -0.2) is 11.3 Å². The van der Waals surface area contributed by atoms with Crippen LogP contribution in [0.4, 0.5) is 4.39 Å². The van der Waals surface area contributed by atoms with Crippen molar-refractivity contribution in [1.82, 2.24) is 25.1 Å². The smallest absolute Gasteiger partial charge is 0.164 e. The van der Waals surface area contributed by atoms with Crippen LogP contribution in [0.15, 0.2) is 248 Å². The Morgan fingerprint density at radius 1 is 0.465 bits per heavy atom. The van der Waals surface area contributed by atoms with Gasteiger partial charge in [-0.2, -0.15) is 5.10 Å². The normalized spacial score (nSPS) is 10.8. The minimum Gasteiger partial charge on any atom is -0.512 e. The first-order valence-corrected chi connectivity index (χ1v) is 30.9. The Labute approximate surface area is 643 Å². The van der Waals surface area contributed by atoms with Crippen molar-refractivity contribution in [2.45, 2.75) is 83.1 Å². The third-order valence-electron chi connectivity index (χ3n) is 12.1. The molecule has 0 saturated heterocycles. The Hall–Kier alpha value is -8.01. The fourth-order valence-corrected chi connectivity index (χ4v) is 8.65. The zero-order valence-electron chi connectivity index (χ0n) is 56.5. The van der Waals surface area contributed by atoms with Crippen LogP contribution in [0.25, 0.3) is 76.2 Å². The van der Waals surface area contributed by atoms with E-state index in [1.807, 2.05) is 187 Å². The Balaban J connectivity index is 0.00000113. The number of pyridine rings is 3. The van der Waals surface area contributed by atoms with Gasteiger partial charge < -0.3 is 25.4 Å². The number of fused-ring (bicyclic) bond motifs is 3. The molecule has 5 aromatic heterocycles. The number of benzene rings is 6. The van der Waals surface area contributed by atoms with Crippen molar-refractivity contribution in [3.05, 3.63) is 283 Å². The van der Waals surface area contributed by atoms with E-state index >= 15 is 0 Å². The van der Waals surface area contributed by atoms with Crippen molar-refractivity contribution in [2.75, 3.05) is 0 Å². The van der Waals surface area contributed by atoms with Crippen LogP contribution in [-0.2, 0) is 99.6 Å². The van der Waals surface area contributed by atoms with E-state index in [2.05, 4.69) is 79.7 Å². The summed E-state index contributed by atoms with van der Waals surface area (Å²) in [6.07, 6.45) is 6.65. The maximum absolute atomic E-state index is 13.6. The molecule has 0 aliphatic carbocycles. The van der Waals surface area contributed by atoms with E-state index in [-0.39, 0.29) is 138 Å². The molecule has 20 heteroatoms. The fourth-order valence-electron chi connectivity index (χ4n) is 7.57. The van der Waals surface area contributed by atoms with E-state index in [0.29, 0.717) is 16.4 Å². The molecule has 5 heterocycles. The summed E-state index contributed by atoms with van der Waals surface area (Å²) in [5.74, 6) is -0.380. The largest absolute Gasteiger partial charge is 0.512 e. The van der Waals surface area contributed by atoms with Gasteiger partial charge in [-0.15, -0.1) is 125 Å². The summed E-state index contributed by atoms with van der Waals surface area (Å²) in [6, 6.07) is 74.3. The molecule has 0 atom stereocenters. The zero-order chi connectivity index (χ0) is 70.1. The van der Waals surface area contributed by atoms with Crippen LogP contribution < -0.4 is 0 Å². The maximum Gasteiger partial charge on any atom is 0.164 e. The van der Waals surface area contributed by atoms with Gasteiger partial charge in [0.1, 0.15) is 10.9 Å². The van der Waals surface area contributed by atoms with Crippen LogP contribution in [0.5, 0.6) is 0 Å². The number of thiophene rings is 1. The number of allylic oxidation sites excluding steroid dienone is 8. The number of para-hydroxylation sites is 2. The first kappa shape index (κ1) is 91.0. The van der Waals surface area contributed by atoms with Gasteiger partial charge in [-0.05, 0) is 97.5 Å². The van der Waals surface area contributed by atoms with Crippen molar-refractivity contribution in [3.8, 4) is 44.3 Å². The van der Waals surface area contributed by atoms with Gasteiger partial charge in [-0.1, -0.05) is 150 Å². The topological polar surface area (TPSA) is 214 Å². The number of aliphatic hydroxyl groups is 4. The first-order valence-electron chi connectivity index (χ1n) is 29.7. The van der Waals surface area contributed by atoms with Crippen LogP contribution in [0.1, 0.15) is 83.1 Å². The van der Waals surface area contributed by atoms with Gasteiger partial charge in [0, 0.05) is 139 Å². The molecule has 0 unspecified atom stereocenters. The average molecular weight is 2080 g/mol. The molecule has 0 spiro atoms. The number of halogens is 2. The van der Waals surface area contributed by atoms with Gasteiger partial charge in [0.2, 0.25) is 0 Å². The van der Waals surface area contributed by atoms with Crippen molar-refractivity contribution >= 4 is 78.0 Å². The Morgan fingerprint density at radius 2 is 0.919 bits per heavy atom. The number of carbonyl (C=O) groups is 4. The second-order valence-corrected chi connectivity index (χ2v) is 24.3. The van der Waals surface area contributed by atoms with Gasteiger partial charge in [0.05, 0.1) is 28.3 Å². The molecule has 0 fully saturated rings. The Morgan fingerprint density at radius 3 is 1.34 bits per heavy atom. The Kier molecular flexibility index (Phi) is 43.3. The van der Waals surface area contributed by atoms with Crippen LogP contribution >= 0.6 is 22.9 Å². The number of hydrogen-bond acceptors (Lipinski definition) is 14. The third kappa shape index (κ3) is 35.6. The van der Waals surface area contributed by atoms with Gasteiger partial charge in [-0.3, -0.25) is 33.5 Å². The second kappa shape index (κ2) is 47.1. The van der Waals surface area contributed by atoms with Crippen molar-refractivity contribution in [1.29, 1.82) is 0 Å². The van der Waals surface area contributed by atoms with Crippen LogP contribution in [0, 0.1) is 40.9 Å². The maximum atomic E-state index is 13.6. The SMILES string of the molecule is CC(=O)C=C(C)O.CC(=O)C=C(C)O.CC(=O)C=C(C)O.CC(C)(C)C(=O)C=C(O)C(C)(C)C.Clc1ccc(-c2[c-]cccc2)nn1.Fc1ccc[c-]c1-c1ccc2ccccc2n1.[Ir].[Ir].[Ir].[Ir].[c-]1c(-c2ccccn2)sc2ccccc12.[c-]1ccccc1-c1ccc2ccccc2n1. The molecule has 0 aliphatic rings. The van der Waals surface area contributed by atoms with Gasteiger partial charge >= 0.3 is 0 Å². The van der Waals surface area contributed by atoms with Gasteiger partial charge in [0.15, 0.2) is 23.1 Å². The number of hydrogen-bond donors (Lipinski definition) is 4. The van der Waals surface area contributed by atoms with Crippen molar-refractivity contribution in [3.63, 3.8) is 0 Å². The van der Waals surface area contributed by atoms with E-state index in [4.69, 9.17) is 26.9 Å². The predicted octanol–water partition coefficient (Wildman–Crippen LogP) is 20.1. The molecule has 4 N–H and O–H groups in total. The van der Waals surface area contributed by atoms with E-state index in [0.717, 1.165) is 49.5 Å². The van der Waals surface area contributed by atoms with E-state index in [1.165, 1.54) is 87.4 Å². The minimum absolute atomic E-state index is 0. The average Bonchev–Trinajstić information content (AvgIpc) is 1.65. The number of carbonyl (C=O) groups excluding carboxylic acids is 4. The number of aromatic nitrogens is 5. The standard InChI is InChI=1S/C15H9FN.C15H10N.C13H8NS.C11H20O2.C10H6ClN2.3C5H8O2.4Ir/c16-13-7-3-2-6-12(13)15-10-9-11-5-1-4-8-14(11)17-15;1-2-6-12(7-3-1)15-11-10-13-8-4-5-9-14(13)16-15;1-2-7-12-10(5-1)9-13(15-12)11-6-3-4-8-14-11;1-10(2,3)8(12)7-9(13)11(4,5)6;11-10-7-6-9(12-13-10)8-4-2-1-3-5-8;3*1-4(6)3-5(2)7;;;;/h1-5,7-10H;1-6,8-11H;1-8H;7,12H,1-6H3;1-4,6-7H;3*3,6H,1-2H3;;;;/q3*-1;;-1;;;;;;;. The van der Waals surface area contributed by atoms with Crippen LogP contribution in [0.3, 0.4) is 0 Å². The molecular formula is C79H77ClFIr4N5O8S-4. The molecule has 11 aromatic rings. The summed E-state index contributed by atoms with van der Waals surface area (Å²) in [6.45, 7) is 19.7. The number of nitrogens with zero attached hydrogens (tertiary/aromatic N) is 5. The summed E-state index contributed by atoms with van der Waals surface area (Å²) in [5, 5.41) is 46.1. The second-order valence-electron chi connectivity index (χ2n) is 22.8. The molecule has 4 radical (unpaired) electrons. The van der Waals surface area contributed by atoms with E-state index < -0.39 is 5.41 Å². The first-order chi connectivity index (χ1) is 45.0. The Bertz CT molecular complexity index is 4280. The molecular weight excluding hydrogens is 2000 g/mol. The summed E-state index contributed by atoms with van der Waals surface area (Å²) in [7, 11) is 0. The van der Waals surface area contributed by atoms with Crippen molar-refractivity contribution in [2.24, 2.45) is 10.8 Å². The number of aliphatic hydroxyl groups excluding tert-OH is 4. The van der Waals surface area contributed by atoms with Gasteiger partial charge in [0.25, 0.3) is 0 Å². The van der Waals surface area contributed by atoms with Crippen LogP contribution in [0.2, 0.25) is 5.15 Å². The monoisotopic (exact) mass is 2080 g/mol. The molecule has 6 aromatic carbocycles. The molecule has 0 bridgehead atoms. The molecule has 11 rings (SSSR count). The predicted molar refractivity (Wildman–Crippen MR) is 383 cm³/mol. The molecule has 99 heavy (non-hydrogen) atoms. The van der Waals surface area contributed by atoms with E-state index in [9.17, 15) is 28.7 Å². The molecule has 0 saturated carbocycles. The number of rotatable bonds is 8. The summed E-state index contributed by atoms with van der Waals surface area (Å²) in [4.78, 5) is 56.0. The van der Waals surface area contributed by atoms with Crippen molar-refractivity contribution < 1.29 is 124 Å². The molecule has 0 aliphatic heterocycles. The number of ketones is 4. The zero-order valence-corrected chi connectivity index (χ0v) is 67.7. The molecule has 526 valence electrons. The third-order valence-corrected chi connectivity index (χ3v) is 13.4. The quantitative estimate of drug-likeness (QED) is 0.0634. The van der Waals surface area contributed by atoms with Crippen LogP contribution in [-0.4, -0.2) is 68.7 Å². The molecule has 0 amide bonds. The fraction of sp³-hybridized carbons (Fsp3) is 0.177. The summed E-state index contributed by atoms with van der Waals surface area (Å²) < 4.78 is 14.9. The molecule has 13 nitrogen and oxygen atoms in total. The summed E-state index contributed by atoms with van der Waals surface area (Å²) >= 11 is 7.35. The van der Waals surface area contributed by atoms with E-state index in [1.54, 1.807) is 29.5 Å². The summed E-state index contributed by atoms with van der Waals surface area (Å²) in [5.41, 5.74) is 6.86. The minimum atomic E-state index is -0.417.